The fourth-order valence-corrected chi connectivity index (χ4v) is 5.09. The van der Waals surface area contributed by atoms with E-state index >= 15 is 0 Å². The normalized spacial score (nSPS) is 28.9. The predicted octanol–water partition coefficient (Wildman–Crippen LogP) is 1.70. The van der Waals surface area contributed by atoms with Crippen LogP contribution in [0.3, 0.4) is 0 Å². The number of aryl methyl sites for hydroxylation is 1. The van der Waals surface area contributed by atoms with Crippen molar-refractivity contribution in [1.29, 1.82) is 0 Å². The highest BCUT2D eigenvalue weighted by molar-refractivity contribution is 7.17. The lowest BCUT2D eigenvalue weighted by Gasteiger charge is -2.54. The monoisotopic (exact) mass is 323 g/mol. The second-order valence-electron chi connectivity index (χ2n) is 7.02. The first-order valence-electron chi connectivity index (χ1n) is 7.32. The maximum Gasteiger partial charge on any atom is 0.314 e. The molecule has 3 rings (SSSR count). The molecule has 22 heavy (non-hydrogen) atoms. The zero-order valence-corrected chi connectivity index (χ0v) is 14.1. The van der Waals surface area contributed by atoms with Gasteiger partial charge in [-0.3, -0.25) is 9.59 Å². The number of rotatable bonds is 2. The number of nitrogens with zero attached hydrogens (tertiary/aromatic N) is 2. The van der Waals surface area contributed by atoms with Crippen LogP contribution in [-0.2, 0) is 9.53 Å². The molecule has 6 nitrogen and oxygen atoms in total. The number of anilines is 1. The summed E-state index contributed by atoms with van der Waals surface area (Å²) in [6, 6.07) is 0. The Morgan fingerprint density at radius 2 is 2.14 bits per heavy atom. The molecule has 0 radical (unpaired) electrons. The fourth-order valence-electron chi connectivity index (χ4n) is 4.29. The summed E-state index contributed by atoms with van der Waals surface area (Å²) < 4.78 is 5.01. The van der Waals surface area contributed by atoms with E-state index in [4.69, 9.17) is 10.5 Å². The number of nitrogens with two attached hydrogens (primary N) is 1. The van der Waals surface area contributed by atoms with Crippen molar-refractivity contribution in [2.45, 2.75) is 27.2 Å². The number of amides is 1. The quantitative estimate of drug-likeness (QED) is 0.837. The highest BCUT2D eigenvalue weighted by atomic mass is 32.1. The Hall–Kier alpha value is -1.63. The molecule has 0 spiro atoms. The van der Waals surface area contributed by atoms with Gasteiger partial charge >= 0.3 is 5.97 Å². The molecule has 1 aliphatic carbocycles. The molecule has 1 saturated carbocycles. The number of nitrogen functional groups attached to an aromatic ring is 1. The number of aromatic nitrogens is 1. The number of carbonyl (C=O) groups excluding carboxylic acids is 2. The average Bonchev–Trinajstić information content (AvgIpc) is 2.95. The number of methoxy groups -OCH3 is 1. The van der Waals surface area contributed by atoms with Gasteiger partial charge in [0.25, 0.3) is 5.91 Å². The Bertz CT molecular complexity index is 654. The highest BCUT2D eigenvalue weighted by Crippen LogP contribution is 2.63. The number of hydrogen-bond donors (Lipinski definition) is 1. The maximum atomic E-state index is 12.8. The molecule has 0 aromatic carbocycles. The number of likely N-dealkylation sites (tertiary alicyclic amines) is 1. The molecule has 0 unspecified atom stereocenters. The van der Waals surface area contributed by atoms with Gasteiger partial charge in [0.15, 0.2) is 5.13 Å². The van der Waals surface area contributed by atoms with Gasteiger partial charge in [0.2, 0.25) is 0 Å². The van der Waals surface area contributed by atoms with E-state index in [0.717, 1.165) is 6.42 Å². The van der Waals surface area contributed by atoms with Gasteiger partial charge in [-0.25, -0.2) is 4.98 Å². The summed E-state index contributed by atoms with van der Waals surface area (Å²) >= 11 is 1.20. The minimum atomic E-state index is -0.544. The average molecular weight is 323 g/mol. The van der Waals surface area contributed by atoms with Crippen LogP contribution >= 0.6 is 11.3 Å². The topological polar surface area (TPSA) is 85.5 Å². The second-order valence-corrected chi connectivity index (χ2v) is 8.05. The third-order valence-electron chi connectivity index (χ3n) is 5.14. The molecule has 1 aromatic rings. The van der Waals surface area contributed by atoms with E-state index in [1.807, 2.05) is 0 Å². The van der Waals surface area contributed by atoms with Gasteiger partial charge in [-0.1, -0.05) is 25.2 Å². The van der Waals surface area contributed by atoms with E-state index in [9.17, 15) is 9.59 Å². The first-order valence-corrected chi connectivity index (χ1v) is 8.13. The third kappa shape index (κ3) is 1.95. The van der Waals surface area contributed by atoms with Gasteiger partial charge in [-0.15, -0.1) is 0 Å². The van der Waals surface area contributed by atoms with Gasteiger partial charge in [0.05, 0.1) is 18.2 Å². The van der Waals surface area contributed by atoms with Crippen molar-refractivity contribution in [2.75, 3.05) is 25.9 Å². The standard InChI is InChI=1S/C15H21N3O3S/c1-8-10(22-13(16)17-8)11(19)18-5-9-14(2,3)6-15(9,7-18)12(20)21-4/h9H,5-7H2,1-4H3,(H2,16,17)/t9-,15+/m1/s1. The van der Waals surface area contributed by atoms with E-state index in [-0.39, 0.29) is 23.2 Å². The van der Waals surface area contributed by atoms with Crippen LogP contribution in [0.15, 0.2) is 0 Å². The number of hydrogen-bond acceptors (Lipinski definition) is 6. The summed E-state index contributed by atoms with van der Waals surface area (Å²) in [5.74, 6) is -0.144. The summed E-state index contributed by atoms with van der Waals surface area (Å²) in [6.45, 7) is 7.07. The lowest BCUT2D eigenvalue weighted by atomic mass is 9.48. The molecular weight excluding hydrogens is 302 g/mol. The number of thiazole rings is 1. The van der Waals surface area contributed by atoms with Gasteiger partial charge in [-0.05, 0) is 24.7 Å². The Balaban J connectivity index is 1.88. The third-order valence-corrected chi connectivity index (χ3v) is 6.12. The van der Waals surface area contributed by atoms with Crippen molar-refractivity contribution >= 4 is 28.3 Å². The smallest absolute Gasteiger partial charge is 0.314 e. The fraction of sp³-hybridized carbons (Fsp3) is 0.667. The summed E-state index contributed by atoms with van der Waals surface area (Å²) in [4.78, 5) is 31.5. The van der Waals surface area contributed by atoms with Crippen molar-refractivity contribution in [2.24, 2.45) is 16.7 Å². The molecule has 1 saturated heterocycles. The Morgan fingerprint density at radius 1 is 1.45 bits per heavy atom. The summed E-state index contributed by atoms with van der Waals surface area (Å²) in [5, 5.41) is 0.394. The Morgan fingerprint density at radius 3 is 2.64 bits per heavy atom. The molecule has 2 heterocycles. The Kier molecular flexibility index (Phi) is 3.25. The number of fused-ring (bicyclic) bond motifs is 1. The largest absolute Gasteiger partial charge is 0.469 e. The van der Waals surface area contributed by atoms with Gasteiger partial charge in [-0.2, -0.15) is 0 Å². The molecule has 120 valence electrons. The van der Waals surface area contributed by atoms with Crippen LogP contribution in [0, 0.1) is 23.7 Å². The van der Waals surface area contributed by atoms with E-state index in [1.54, 1.807) is 11.8 Å². The van der Waals surface area contributed by atoms with Crippen LogP contribution in [0.1, 0.15) is 35.6 Å². The van der Waals surface area contributed by atoms with Gasteiger partial charge in [0, 0.05) is 13.1 Å². The first-order chi connectivity index (χ1) is 10.2. The number of esters is 1. The molecule has 7 heteroatoms. The molecule has 0 bridgehead atoms. The molecule has 1 aliphatic heterocycles. The zero-order valence-electron chi connectivity index (χ0n) is 13.3. The second kappa shape index (κ2) is 4.68. The Labute approximate surface area is 133 Å². The van der Waals surface area contributed by atoms with Crippen LogP contribution < -0.4 is 5.73 Å². The highest BCUT2D eigenvalue weighted by Gasteiger charge is 2.68. The molecule has 1 aromatic heterocycles. The predicted molar refractivity (Wildman–Crippen MR) is 83.5 cm³/mol. The van der Waals surface area contributed by atoms with E-state index in [0.29, 0.717) is 28.8 Å². The summed E-state index contributed by atoms with van der Waals surface area (Å²) in [6.07, 6.45) is 0.755. The van der Waals surface area contributed by atoms with Crippen molar-refractivity contribution < 1.29 is 14.3 Å². The van der Waals surface area contributed by atoms with Crippen LogP contribution in [0.4, 0.5) is 5.13 Å². The van der Waals surface area contributed by atoms with Crippen molar-refractivity contribution in [3.8, 4) is 0 Å². The summed E-state index contributed by atoms with van der Waals surface area (Å²) in [5.41, 5.74) is 5.84. The van der Waals surface area contributed by atoms with Crippen molar-refractivity contribution in [3.05, 3.63) is 10.6 Å². The van der Waals surface area contributed by atoms with Gasteiger partial charge < -0.3 is 15.4 Å². The zero-order chi connectivity index (χ0) is 16.3. The van der Waals surface area contributed by atoms with Crippen LogP contribution in [-0.4, -0.2) is 42.0 Å². The molecule has 2 N–H and O–H groups in total. The minimum absolute atomic E-state index is 0.0466. The van der Waals surface area contributed by atoms with Crippen LogP contribution in [0.25, 0.3) is 0 Å². The molecule has 2 aliphatic rings. The molecular formula is C15H21N3O3S. The minimum Gasteiger partial charge on any atom is -0.469 e. The number of ether oxygens (including phenoxy) is 1. The SMILES string of the molecule is COC(=O)[C@@]12CN(C(=O)c3sc(N)nc3C)C[C@@H]1C(C)(C)C2. The molecule has 1 amide bonds. The van der Waals surface area contributed by atoms with E-state index in [2.05, 4.69) is 18.8 Å². The van der Waals surface area contributed by atoms with Crippen molar-refractivity contribution in [1.82, 2.24) is 9.88 Å². The lowest BCUT2D eigenvalue weighted by molar-refractivity contribution is -0.174. The van der Waals surface area contributed by atoms with Crippen molar-refractivity contribution in [3.63, 3.8) is 0 Å². The molecule has 2 fully saturated rings. The van der Waals surface area contributed by atoms with Crippen LogP contribution in [0.2, 0.25) is 0 Å². The maximum absolute atomic E-state index is 12.8. The molecule has 2 atom stereocenters. The van der Waals surface area contributed by atoms with Gasteiger partial charge in [0.1, 0.15) is 4.88 Å². The van der Waals surface area contributed by atoms with E-state index < -0.39 is 5.41 Å². The summed E-state index contributed by atoms with van der Waals surface area (Å²) in [7, 11) is 1.41. The van der Waals surface area contributed by atoms with Crippen LogP contribution in [0.5, 0.6) is 0 Å². The first kappa shape index (κ1) is 15.3. The lowest BCUT2D eigenvalue weighted by Crippen LogP contribution is -2.57. The number of carbonyl (C=O) groups is 2. The van der Waals surface area contributed by atoms with E-state index in [1.165, 1.54) is 18.4 Å².